The van der Waals surface area contributed by atoms with Crippen molar-refractivity contribution in [2.45, 2.75) is 20.0 Å². The first-order valence-electron chi connectivity index (χ1n) is 3.41. The van der Waals surface area contributed by atoms with Gasteiger partial charge in [0.15, 0.2) is 6.10 Å². The van der Waals surface area contributed by atoms with Gasteiger partial charge in [-0.2, -0.15) is 0 Å². The molecule has 0 radical (unpaired) electrons. The van der Waals surface area contributed by atoms with Crippen molar-refractivity contribution in [3.63, 3.8) is 0 Å². The Hall–Kier alpha value is -0.620. The lowest BCUT2D eigenvalue weighted by molar-refractivity contribution is -0.143. The van der Waals surface area contributed by atoms with E-state index in [0.29, 0.717) is 0 Å². The van der Waals surface area contributed by atoms with Crippen LogP contribution in [0.1, 0.15) is 13.8 Å². The fourth-order valence-corrected chi connectivity index (χ4v) is 1.54. The average Bonchev–Trinajstić information content (AvgIpc) is 2.15. The van der Waals surface area contributed by atoms with Crippen LogP contribution in [0, 0.1) is 5.41 Å². The van der Waals surface area contributed by atoms with Crippen LogP contribution in [-0.4, -0.2) is 27.1 Å². The summed E-state index contributed by atoms with van der Waals surface area (Å²) >= 11 is 0. The van der Waals surface area contributed by atoms with Crippen LogP contribution in [0.2, 0.25) is 0 Å². The van der Waals surface area contributed by atoms with Crippen molar-refractivity contribution in [2.75, 3.05) is 6.61 Å². The zero-order valence-corrected chi connectivity index (χ0v) is 7.67. The van der Waals surface area contributed by atoms with Gasteiger partial charge in [0.25, 0.3) is 11.0 Å². The van der Waals surface area contributed by atoms with Crippen LogP contribution in [0.15, 0.2) is 0 Å². The molecule has 70 valence electrons. The van der Waals surface area contributed by atoms with Crippen molar-refractivity contribution in [3.8, 4) is 0 Å². The van der Waals surface area contributed by atoms with Gasteiger partial charge in [-0.3, -0.25) is 4.18 Å². The molecule has 1 unspecified atom stereocenters. The van der Waals surface area contributed by atoms with E-state index in [-0.39, 0.29) is 6.61 Å². The van der Waals surface area contributed by atoms with Gasteiger partial charge in [-0.1, -0.05) is 13.8 Å². The van der Waals surface area contributed by atoms with Crippen LogP contribution in [-0.2, 0) is 24.7 Å². The first-order valence-corrected chi connectivity index (χ1v) is 4.51. The van der Waals surface area contributed by atoms with Crippen LogP contribution >= 0.6 is 0 Å². The predicted octanol–water partition coefficient (Wildman–Crippen LogP) is -0.519. The molecular weight excluding hydrogens is 184 g/mol. The molecule has 1 aliphatic rings. The van der Waals surface area contributed by atoms with Crippen LogP contribution in [0.5, 0.6) is 0 Å². The van der Waals surface area contributed by atoms with Crippen LogP contribution < -0.4 is 0 Å². The molecule has 1 rings (SSSR count). The molecule has 6 heteroatoms. The standard InChI is InChI=1S/C6H10O5S/c1-6(2)3-10-5(7)4(6)11-12(8)9/h4,12H,3H2,1-2H3. The molecule has 0 amide bonds. The lowest BCUT2D eigenvalue weighted by Crippen LogP contribution is -2.32. The smallest absolute Gasteiger partial charge is 0.337 e. The maximum Gasteiger partial charge on any atom is 0.337 e. The lowest BCUT2D eigenvalue weighted by atomic mass is 9.90. The molecule has 0 aromatic carbocycles. The lowest BCUT2D eigenvalue weighted by Gasteiger charge is -2.18. The van der Waals surface area contributed by atoms with E-state index in [1.54, 1.807) is 13.8 Å². The summed E-state index contributed by atoms with van der Waals surface area (Å²) in [7, 11) is -3.00. The third kappa shape index (κ3) is 1.75. The molecule has 1 heterocycles. The average molecular weight is 194 g/mol. The number of thiol groups is 1. The van der Waals surface area contributed by atoms with Crippen molar-refractivity contribution in [2.24, 2.45) is 5.41 Å². The number of carbonyl (C=O) groups is 1. The normalized spacial score (nSPS) is 27.6. The molecule has 0 saturated carbocycles. The monoisotopic (exact) mass is 194 g/mol. The third-order valence-corrected chi connectivity index (χ3v) is 2.08. The summed E-state index contributed by atoms with van der Waals surface area (Å²) < 4.78 is 29.5. The first kappa shape index (κ1) is 9.47. The van der Waals surface area contributed by atoms with Crippen molar-refractivity contribution in [3.05, 3.63) is 0 Å². The Morgan fingerprint density at radius 3 is 2.50 bits per heavy atom. The van der Waals surface area contributed by atoms with Gasteiger partial charge in [-0.25, -0.2) is 13.2 Å². The number of carbonyl (C=O) groups excluding carboxylic acids is 1. The Labute approximate surface area is 71.8 Å². The summed E-state index contributed by atoms with van der Waals surface area (Å²) in [5.74, 6) is -0.612. The highest BCUT2D eigenvalue weighted by Crippen LogP contribution is 2.30. The molecule has 0 spiro atoms. The molecule has 0 bridgehead atoms. The van der Waals surface area contributed by atoms with E-state index in [1.165, 1.54) is 0 Å². The van der Waals surface area contributed by atoms with Gasteiger partial charge in [-0.05, 0) is 0 Å². The molecule has 0 N–H and O–H groups in total. The number of rotatable bonds is 2. The van der Waals surface area contributed by atoms with Gasteiger partial charge >= 0.3 is 5.97 Å². The van der Waals surface area contributed by atoms with Crippen molar-refractivity contribution < 1.29 is 22.1 Å². The molecule has 5 nitrogen and oxygen atoms in total. The molecule has 0 aliphatic carbocycles. The van der Waals surface area contributed by atoms with Gasteiger partial charge in [0.2, 0.25) is 0 Å². The minimum Gasteiger partial charge on any atom is -0.463 e. The molecule has 0 aromatic heterocycles. The Morgan fingerprint density at radius 2 is 2.17 bits per heavy atom. The summed E-state index contributed by atoms with van der Waals surface area (Å²) in [6.07, 6.45) is -0.987. The summed E-state index contributed by atoms with van der Waals surface area (Å²) in [6, 6.07) is 0. The van der Waals surface area contributed by atoms with Crippen LogP contribution in [0.25, 0.3) is 0 Å². The Morgan fingerprint density at radius 1 is 1.58 bits per heavy atom. The third-order valence-electron chi connectivity index (χ3n) is 1.70. The van der Waals surface area contributed by atoms with Crippen LogP contribution in [0.3, 0.4) is 0 Å². The number of esters is 1. The summed E-state index contributed by atoms with van der Waals surface area (Å²) in [5, 5.41) is 0. The van der Waals surface area contributed by atoms with Crippen LogP contribution in [0.4, 0.5) is 0 Å². The summed E-state index contributed by atoms with van der Waals surface area (Å²) in [5.41, 5.74) is -0.563. The highest BCUT2D eigenvalue weighted by Gasteiger charge is 2.45. The maximum absolute atomic E-state index is 10.9. The second-order valence-corrected chi connectivity index (χ2v) is 3.96. The van der Waals surface area contributed by atoms with Crippen molar-refractivity contribution in [1.29, 1.82) is 0 Å². The van der Waals surface area contributed by atoms with Gasteiger partial charge < -0.3 is 4.74 Å². The van der Waals surface area contributed by atoms with E-state index in [2.05, 4.69) is 8.92 Å². The predicted molar refractivity (Wildman–Crippen MR) is 39.9 cm³/mol. The Kier molecular flexibility index (Phi) is 2.39. The highest BCUT2D eigenvalue weighted by molar-refractivity contribution is 7.67. The largest absolute Gasteiger partial charge is 0.463 e. The van der Waals surface area contributed by atoms with E-state index in [0.717, 1.165) is 0 Å². The van der Waals surface area contributed by atoms with Crippen molar-refractivity contribution >= 4 is 17.0 Å². The van der Waals surface area contributed by atoms with Gasteiger partial charge in [0.05, 0.1) is 6.61 Å². The molecule has 0 aromatic rings. The quantitative estimate of drug-likeness (QED) is 0.473. The minimum absolute atomic E-state index is 0.194. The molecule has 1 fully saturated rings. The maximum atomic E-state index is 10.9. The van der Waals surface area contributed by atoms with Gasteiger partial charge in [0, 0.05) is 5.41 Å². The van der Waals surface area contributed by atoms with E-state index in [9.17, 15) is 13.2 Å². The second kappa shape index (κ2) is 3.02. The molecular formula is C6H10O5S. The van der Waals surface area contributed by atoms with Gasteiger partial charge in [0.1, 0.15) is 0 Å². The minimum atomic E-state index is -3.00. The van der Waals surface area contributed by atoms with E-state index in [4.69, 9.17) is 0 Å². The fraction of sp³-hybridized carbons (Fsp3) is 0.833. The zero-order valence-electron chi connectivity index (χ0n) is 6.77. The zero-order chi connectivity index (χ0) is 9.35. The van der Waals surface area contributed by atoms with E-state index >= 15 is 0 Å². The summed E-state index contributed by atoms with van der Waals surface area (Å²) in [4.78, 5) is 10.9. The number of hydrogen-bond acceptors (Lipinski definition) is 5. The number of cyclic esters (lactones) is 1. The molecule has 1 atom stereocenters. The molecule has 1 aliphatic heterocycles. The fourth-order valence-electron chi connectivity index (χ4n) is 0.999. The highest BCUT2D eigenvalue weighted by atomic mass is 32.2. The van der Waals surface area contributed by atoms with Gasteiger partial charge in [-0.15, -0.1) is 0 Å². The topological polar surface area (TPSA) is 69.7 Å². The molecule has 1 saturated heterocycles. The number of ether oxygens (including phenoxy) is 1. The second-order valence-electron chi connectivity index (χ2n) is 3.31. The SMILES string of the molecule is CC1(C)COC(=O)C1O[SH](=O)=O. The summed E-state index contributed by atoms with van der Waals surface area (Å²) in [6.45, 7) is 3.61. The number of hydrogen-bond donors (Lipinski definition) is 1. The van der Waals surface area contributed by atoms with E-state index in [1.807, 2.05) is 0 Å². The first-order chi connectivity index (χ1) is 5.43. The van der Waals surface area contributed by atoms with Crippen molar-refractivity contribution in [1.82, 2.24) is 0 Å². The Bertz CT molecular complexity index is 259. The molecule has 12 heavy (non-hydrogen) atoms. The Balaban J connectivity index is 2.78. The van der Waals surface area contributed by atoms with E-state index < -0.39 is 28.5 Å².